The molecule has 1 fully saturated rings. The van der Waals surface area contributed by atoms with Gasteiger partial charge in [-0.15, -0.1) is 0 Å². The minimum Gasteiger partial charge on any atom is -0.355 e. The van der Waals surface area contributed by atoms with Gasteiger partial charge in [0.2, 0.25) is 11.8 Å². The van der Waals surface area contributed by atoms with Gasteiger partial charge in [0.05, 0.1) is 13.1 Å². The van der Waals surface area contributed by atoms with Gasteiger partial charge in [0.1, 0.15) is 0 Å². The summed E-state index contributed by atoms with van der Waals surface area (Å²) in [7, 11) is 1.80. The van der Waals surface area contributed by atoms with Crippen LogP contribution >= 0.6 is 0 Å². The Kier molecular flexibility index (Phi) is 10.3. The molecule has 2 aromatic rings. The van der Waals surface area contributed by atoms with Crippen LogP contribution in [0.15, 0.2) is 42.5 Å². The van der Waals surface area contributed by atoms with Gasteiger partial charge in [-0.3, -0.25) is 19.4 Å². The van der Waals surface area contributed by atoms with Crippen LogP contribution in [0.5, 0.6) is 0 Å². The molecule has 2 aliphatic rings. The summed E-state index contributed by atoms with van der Waals surface area (Å²) in [6.07, 6.45) is 4.55. The van der Waals surface area contributed by atoms with Crippen LogP contribution in [-0.4, -0.2) is 61.0 Å². The number of carbonyl (C=O) groups excluding carboxylic acids is 3. The molecule has 0 radical (unpaired) electrons. The zero-order valence-electron chi connectivity index (χ0n) is 22.3. The molecule has 0 atom stereocenters. The lowest BCUT2D eigenvalue weighted by molar-refractivity contribution is -0.145. The summed E-state index contributed by atoms with van der Waals surface area (Å²) >= 11 is 0. The number of unbranched alkanes of at least 4 members (excludes halogenated alkanes) is 2. The topological polar surface area (TPSA) is 76.2 Å². The third-order valence-electron chi connectivity index (χ3n) is 7.28. The van der Waals surface area contributed by atoms with Gasteiger partial charge in [0.25, 0.3) is 5.91 Å². The minimum absolute atomic E-state index is 0. The third kappa shape index (κ3) is 6.92. The van der Waals surface area contributed by atoms with Crippen molar-refractivity contribution in [3.05, 3.63) is 59.2 Å². The van der Waals surface area contributed by atoms with Crippen LogP contribution in [0, 0.1) is 6.92 Å². The number of rotatable bonds is 11. The van der Waals surface area contributed by atoms with Crippen molar-refractivity contribution in [2.75, 3.05) is 43.0 Å². The Bertz CT molecular complexity index is 1110. The molecule has 2 aromatic carbocycles. The molecule has 8 nitrogen and oxygen atoms in total. The number of hydrogen-bond donors (Lipinski definition) is 1. The van der Waals surface area contributed by atoms with Crippen LogP contribution in [0.25, 0.3) is 0 Å². The first-order chi connectivity index (χ1) is 17.9. The number of nitrogens with zero attached hydrogens (tertiary/aromatic N) is 4. The lowest BCUT2D eigenvalue weighted by Gasteiger charge is -2.32. The van der Waals surface area contributed by atoms with Crippen LogP contribution in [0.1, 0.15) is 63.1 Å². The van der Waals surface area contributed by atoms with Crippen LogP contribution in [0.3, 0.4) is 0 Å². The van der Waals surface area contributed by atoms with E-state index in [0.29, 0.717) is 26.1 Å². The lowest BCUT2D eigenvalue weighted by atomic mass is 10.1. The van der Waals surface area contributed by atoms with E-state index in [4.69, 9.17) is 0 Å². The molecule has 3 amide bonds. The number of fused-ring (bicyclic) bond motifs is 1. The van der Waals surface area contributed by atoms with E-state index in [1.165, 1.54) is 11.1 Å². The zero-order chi connectivity index (χ0) is 26.4. The Labute approximate surface area is 227 Å². The largest absolute Gasteiger partial charge is 0.355 e. The average Bonchev–Trinajstić information content (AvgIpc) is 3.52. The number of benzene rings is 2. The highest BCUT2D eigenvalue weighted by Crippen LogP contribution is 2.29. The summed E-state index contributed by atoms with van der Waals surface area (Å²) in [6.45, 7) is 7.01. The quantitative estimate of drug-likeness (QED) is 0.447. The van der Waals surface area contributed by atoms with E-state index >= 15 is 0 Å². The third-order valence-corrected chi connectivity index (χ3v) is 7.28. The Hall–Kier alpha value is -3.39. The second-order valence-electron chi connectivity index (χ2n) is 10.0. The van der Waals surface area contributed by atoms with Gasteiger partial charge in [-0.2, -0.15) is 0 Å². The molecule has 1 N–H and O–H groups in total. The molecule has 4 rings (SSSR count). The van der Waals surface area contributed by atoms with Crippen LogP contribution < -0.4 is 15.1 Å². The Morgan fingerprint density at radius 3 is 2.34 bits per heavy atom. The van der Waals surface area contributed by atoms with E-state index < -0.39 is 0 Å². The molecule has 2 aliphatic heterocycles. The normalized spacial score (nSPS) is 14.7. The molecule has 1 saturated heterocycles. The first-order valence-corrected chi connectivity index (χ1v) is 13.4. The molecule has 0 unspecified atom stereocenters. The first-order valence-electron chi connectivity index (χ1n) is 13.4. The van der Waals surface area contributed by atoms with E-state index in [9.17, 15) is 14.4 Å². The highest BCUT2D eigenvalue weighted by Gasteiger charge is 2.27. The molecule has 0 spiro atoms. The number of hydrogen-bond acceptors (Lipinski definition) is 5. The number of anilines is 2. The van der Waals surface area contributed by atoms with Crippen molar-refractivity contribution in [2.24, 2.45) is 0 Å². The number of aryl methyl sites for hydroxylation is 1. The van der Waals surface area contributed by atoms with Gasteiger partial charge in [-0.05, 0) is 54.7 Å². The van der Waals surface area contributed by atoms with E-state index in [1.54, 1.807) is 12.1 Å². The second-order valence-corrected chi connectivity index (χ2v) is 10.0. The van der Waals surface area contributed by atoms with Gasteiger partial charge in [-0.1, -0.05) is 51.5 Å². The van der Waals surface area contributed by atoms with E-state index in [-0.39, 0.29) is 38.2 Å². The number of hydrazine groups is 1. The summed E-state index contributed by atoms with van der Waals surface area (Å²) in [4.78, 5) is 42.2. The monoisotopic (exact) mass is 521 g/mol. The molecule has 206 valence electrons. The molecule has 2 heterocycles. The Morgan fingerprint density at radius 2 is 1.74 bits per heavy atom. The molecule has 0 aliphatic carbocycles. The Morgan fingerprint density at radius 1 is 1.03 bits per heavy atom. The van der Waals surface area contributed by atoms with Crippen molar-refractivity contribution in [3.63, 3.8) is 0 Å². The van der Waals surface area contributed by atoms with Crippen molar-refractivity contribution in [1.82, 2.24) is 15.3 Å². The van der Waals surface area contributed by atoms with Gasteiger partial charge in [-0.25, -0.2) is 5.01 Å². The maximum absolute atomic E-state index is 13.4. The van der Waals surface area contributed by atoms with E-state index in [1.807, 2.05) is 52.1 Å². The number of likely N-dealkylation sites (N-methyl/N-ethyl adjacent to an activating group) is 1. The van der Waals surface area contributed by atoms with Crippen molar-refractivity contribution in [1.29, 1.82) is 0 Å². The SMILES string of the molecule is C.CCCCCNC(=O)CN(CC(=O)N(C)N1Cc2ccccc2C1)c1ccc(N2CCCC2=O)cc1C. The summed E-state index contributed by atoms with van der Waals surface area (Å²) in [5, 5.41) is 6.71. The highest BCUT2D eigenvalue weighted by atomic mass is 16.2. The van der Waals surface area contributed by atoms with Crippen molar-refractivity contribution >= 4 is 29.1 Å². The fraction of sp³-hybridized carbons (Fsp3) is 0.500. The fourth-order valence-corrected chi connectivity index (χ4v) is 5.09. The fourth-order valence-electron chi connectivity index (χ4n) is 5.09. The molecular weight excluding hydrogens is 478 g/mol. The summed E-state index contributed by atoms with van der Waals surface area (Å²) in [5.41, 5.74) is 5.08. The molecule has 0 bridgehead atoms. The standard InChI is InChI=1S/C29H39N5O3.CH4/c1-4-5-8-15-30-27(35)20-32(26-14-13-25(17-22(26)2)34-16-9-12-28(34)36)21-29(37)31(3)33-18-23-10-6-7-11-24(23)19-33;/h6-7,10-11,13-14,17H,4-5,8-9,12,15-16,18-21H2,1-3H3,(H,30,35);1H4. The smallest absolute Gasteiger partial charge is 0.256 e. The second kappa shape index (κ2) is 13.4. The number of amides is 3. The number of nitrogens with one attached hydrogen (secondary N) is 1. The van der Waals surface area contributed by atoms with E-state index in [0.717, 1.165) is 49.2 Å². The van der Waals surface area contributed by atoms with Gasteiger partial charge < -0.3 is 15.1 Å². The maximum Gasteiger partial charge on any atom is 0.256 e. The predicted molar refractivity (Wildman–Crippen MR) is 153 cm³/mol. The highest BCUT2D eigenvalue weighted by molar-refractivity contribution is 5.96. The van der Waals surface area contributed by atoms with Crippen molar-refractivity contribution < 1.29 is 14.4 Å². The lowest BCUT2D eigenvalue weighted by Crippen LogP contribution is -2.48. The maximum atomic E-state index is 13.4. The molecule has 8 heteroatoms. The minimum atomic E-state index is -0.0988. The van der Waals surface area contributed by atoms with Gasteiger partial charge in [0.15, 0.2) is 0 Å². The summed E-state index contributed by atoms with van der Waals surface area (Å²) in [6, 6.07) is 14.1. The zero-order valence-corrected chi connectivity index (χ0v) is 22.3. The van der Waals surface area contributed by atoms with Gasteiger partial charge >= 0.3 is 0 Å². The first kappa shape index (κ1) is 29.2. The number of carbonyl (C=O) groups is 3. The van der Waals surface area contributed by atoms with Crippen LogP contribution in [-0.2, 0) is 27.5 Å². The molecule has 0 saturated carbocycles. The van der Waals surface area contributed by atoms with Crippen molar-refractivity contribution in [2.45, 2.75) is 66.5 Å². The summed E-state index contributed by atoms with van der Waals surface area (Å²) in [5.74, 6) is -0.0398. The molecular formula is C30H43N5O3. The predicted octanol–water partition coefficient (Wildman–Crippen LogP) is 4.26. The molecule has 38 heavy (non-hydrogen) atoms. The van der Waals surface area contributed by atoms with Crippen LogP contribution in [0.2, 0.25) is 0 Å². The summed E-state index contributed by atoms with van der Waals surface area (Å²) < 4.78 is 0. The Balaban J connectivity index is 0.00000400. The molecule has 0 aromatic heterocycles. The van der Waals surface area contributed by atoms with Crippen LogP contribution in [0.4, 0.5) is 11.4 Å². The van der Waals surface area contributed by atoms with Gasteiger partial charge in [0, 0.05) is 51.0 Å². The van der Waals surface area contributed by atoms with Crippen molar-refractivity contribution in [3.8, 4) is 0 Å². The average molecular weight is 522 g/mol. The van der Waals surface area contributed by atoms with E-state index in [2.05, 4.69) is 24.4 Å².